The Balaban J connectivity index is 0.00000341. The Morgan fingerprint density at radius 1 is 0.968 bits per heavy atom. The third-order valence-corrected chi connectivity index (χ3v) is 4.45. The first-order chi connectivity index (χ1) is 14.4. The predicted molar refractivity (Wildman–Crippen MR) is 120 cm³/mol. The first-order valence-electron chi connectivity index (χ1n) is 8.73. The summed E-state index contributed by atoms with van der Waals surface area (Å²) in [6.45, 7) is 0.446. The van der Waals surface area contributed by atoms with Crippen LogP contribution in [0.5, 0.6) is 11.5 Å². The standard InChI is InChI=1S/C21H16Cl2N2O5.Li.H/c22-13-3-5-16(18(23)10-13)20(26)25-19-6-4-14(11-17(19)21(27)28)29-8-9-30-15-2-1-7-24-12-15;;/h1-7,10-12H,8-9H2,(H,25,26)(H,27,28);;. The van der Waals surface area contributed by atoms with Crippen molar-refractivity contribution in [2.75, 3.05) is 18.5 Å². The number of aromatic nitrogens is 1. The van der Waals surface area contributed by atoms with Crippen LogP contribution in [0.3, 0.4) is 0 Å². The number of aromatic carboxylic acids is 1. The van der Waals surface area contributed by atoms with E-state index in [1.807, 2.05) is 0 Å². The second-order valence-electron chi connectivity index (χ2n) is 5.98. The van der Waals surface area contributed by atoms with E-state index in [1.54, 1.807) is 30.6 Å². The Morgan fingerprint density at radius 3 is 2.35 bits per heavy atom. The van der Waals surface area contributed by atoms with Crippen molar-refractivity contribution in [2.24, 2.45) is 0 Å². The van der Waals surface area contributed by atoms with Crippen molar-refractivity contribution in [2.45, 2.75) is 0 Å². The minimum absolute atomic E-state index is 0. The molecule has 0 spiro atoms. The zero-order chi connectivity index (χ0) is 21.5. The van der Waals surface area contributed by atoms with E-state index >= 15 is 0 Å². The second kappa shape index (κ2) is 11.6. The molecule has 7 nitrogen and oxygen atoms in total. The Bertz CT molecular complexity index is 1070. The number of amides is 1. The van der Waals surface area contributed by atoms with Crippen molar-refractivity contribution in [1.29, 1.82) is 0 Å². The molecule has 31 heavy (non-hydrogen) atoms. The van der Waals surface area contributed by atoms with Crippen LogP contribution in [-0.4, -0.2) is 54.0 Å². The van der Waals surface area contributed by atoms with Crippen LogP contribution < -0.4 is 14.8 Å². The molecule has 3 aromatic rings. The van der Waals surface area contributed by atoms with E-state index in [1.165, 1.54) is 30.3 Å². The van der Waals surface area contributed by atoms with Gasteiger partial charge in [-0.15, -0.1) is 0 Å². The molecular formula is C21H17Cl2LiN2O5. The van der Waals surface area contributed by atoms with Crippen molar-refractivity contribution in [1.82, 2.24) is 4.98 Å². The molecule has 2 N–H and O–H groups in total. The summed E-state index contributed by atoms with van der Waals surface area (Å²) in [4.78, 5) is 28.0. The average molecular weight is 455 g/mol. The van der Waals surface area contributed by atoms with Crippen molar-refractivity contribution in [3.05, 3.63) is 82.1 Å². The number of nitrogens with zero attached hydrogens (tertiary/aromatic N) is 1. The van der Waals surface area contributed by atoms with Gasteiger partial charge >= 0.3 is 24.8 Å². The number of ether oxygens (including phenoxy) is 2. The number of carboxylic acids is 1. The molecule has 1 aromatic heterocycles. The van der Waals surface area contributed by atoms with Gasteiger partial charge in [-0.05, 0) is 48.5 Å². The maximum absolute atomic E-state index is 12.5. The maximum atomic E-state index is 12.5. The van der Waals surface area contributed by atoms with Crippen LogP contribution in [-0.2, 0) is 0 Å². The fourth-order valence-corrected chi connectivity index (χ4v) is 3.01. The molecule has 0 radical (unpaired) electrons. The predicted octanol–water partition coefficient (Wildman–Crippen LogP) is 4.15. The van der Waals surface area contributed by atoms with Gasteiger partial charge in [-0.25, -0.2) is 4.79 Å². The van der Waals surface area contributed by atoms with E-state index in [0.29, 0.717) is 16.5 Å². The van der Waals surface area contributed by atoms with Gasteiger partial charge in [0.25, 0.3) is 5.91 Å². The summed E-state index contributed by atoms with van der Waals surface area (Å²) in [6.07, 6.45) is 3.21. The molecular weight excluding hydrogens is 438 g/mol. The molecule has 0 bridgehead atoms. The van der Waals surface area contributed by atoms with Gasteiger partial charge in [-0.2, -0.15) is 0 Å². The number of carbonyl (C=O) groups is 2. The van der Waals surface area contributed by atoms with Gasteiger partial charge in [0.1, 0.15) is 24.7 Å². The fraction of sp³-hybridized carbons (Fsp3) is 0.0952. The summed E-state index contributed by atoms with van der Waals surface area (Å²) in [5, 5.41) is 12.6. The van der Waals surface area contributed by atoms with Crippen LogP contribution in [0.25, 0.3) is 0 Å². The van der Waals surface area contributed by atoms with Crippen LogP contribution in [0.1, 0.15) is 20.7 Å². The Hall–Kier alpha value is -2.69. The first kappa shape index (κ1) is 24.6. The number of halogens is 2. The molecule has 1 amide bonds. The van der Waals surface area contributed by atoms with Gasteiger partial charge in [-0.1, -0.05) is 23.2 Å². The van der Waals surface area contributed by atoms with Crippen LogP contribution in [0, 0.1) is 0 Å². The quantitative estimate of drug-likeness (QED) is 0.391. The molecule has 0 unspecified atom stereocenters. The van der Waals surface area contributed by atoms with Gasteiger partial charge < -0.3 is 19.9 Å². The number of hydrogen-bond donors (Lipinski definition) is 2. The zero-order valence-electron chi connectivity index (χ0n) is 15.5. The molecule has 1 heterocycles. The molecule has 0 aliphatic rings. The van der Waals surface area contributed by atoms with E-state index in [4.69, 9.17) is 32.7 Å². The van der Waals surface area contributed by atoms with Crippen LogP contribution in [0.15, 0.2) is 60.9 Å². The molecule has 0 fully saturated rings. The number of pyridine rings is 1. The molecule has 0 aliphatic heterocycles. The third kappa shape index (κ3) is 6.91. The van der Waals surface area contributed by atoms with Gasteiger partial charge in [0.15, 0.2) is 0 Å². The number of rotatable bonds is 8. The van der Waals surface area contributed by atoms with Crippen molar-refractivity contribution >= 4 is 59.6 Å². The van der Waals surface area contributed by atoms with Crippen LogP contribution in [0.4, 0.5) is 5.69 Å². The number of carbonyl (C=O) groups excluding carboxylic acids is 1. The molecule has 0 saturated carbocycles. The third-order valence-electron chi connectivity index (χ3n) is 3.90. The molecule has 0 saturated heterocycles. The zero-order valence-corrected chi connectivity index (χ0v) is 17.0. The Labute approximate surface area is 200 Å². The van der Waals surface area contributed by atoms with E-state index in [-0.39, 0.29) is 53.9 Å². The summed E-state index contributed by atoms with van der Waals surface area (Å²) in [6, 6.07) is 12.2. The van der Waals surface area contributed by atoms with Crippen molar-refractivity contribution in [3.8, 4) is 11.5 Å². The second-order valence-corrected chi connectivity index (χ2v) is 6.82. The Kier molecular flexibility index (Phi) is 9.22. The summed E-state index contributed by atoms with van der Waals surface area (Å²) < 4.78 is 11.0. The molecule has 156 valence electrons. The number of benzene rings is 2. The summed E-state index contributed by atoms with van der Waals surface area (Å²) in [5.41, 5.74) is 0.155. The van der Waals surface area contributed by atoms with E-state index in [2.05, 4.69) is 10.3 Å². The summed E-state index contributed by atoms with van der Waals surface area (Å²) >= 11 is 11.9. The number of nitrogens with one attached hydrogen (secondary N) is 1. The molecule has 3 rings (SSSR count). The van der Waals surface area contributed by atoms with Gasteiger partial charge in [-0.3, -0.25) is 9.78 Å². The normalized spacial score (nSPS) is 10.0. The number of hydrogen-bond acceptors (Lipinski definition) is 5. The number of anilines is 1. The van der Waals surface area contributed by atoms with Gasteiger partial charge in [0.05, 0.1) is 28.0 Å². The topological polar surface area (TPSA) is 97.8 Å². The van der Waals surface area contributed by atoms with E-state index in [0.717, 1.165) is 0 Å². The molecule has 0 atom stereocenters. The monoisotopic (exact) mass is 454 g/mol. The molecule has 0 aliphatic carbocycles. The van der Waals surface area contributed by atoms with Crippen molar-refractivity contribution < 1.29 is 24.2 Å². The van der Waals surface area contributed by atoms with E-state index < -0.39 is 11.9 Å². The minimum atomic E-state index is -1.22. The number of carboxylic acid groups (broad SMARTS) is 1. The van der Waals surface area contributed by atoms with E-state index in [9.17, 15) is 14.7 Å². The summed E-state index contributed by atoms with van der Waals surface area (Å²) in [7, 11) is 0. The SMILES string of the molecule is O=C(Nc1ccc(OCCOc2cccnc2)cc1C(=O)O)c1ccc(Cl)cc1Cl.[LiH]. The fourth-order valence-electron chi connectivity index (χ4n) is 2.51. The first-order valence-corrected chi connectivity index (χ1v) is 9.49. The van der Waals surface area contributed by atoms with Crippen molar-refractivity contribution in [3.63, 3.8) is 0 Å². The molecule has 10 heteroatoms. The average Bonchev–Trinajstić information content (AvgIpc) is 2.72. The molecule has 2 aromatic carbocycles. The van der Waals surface area contributed by atoms with Gasteiger partial charge in [0.2, 0.25) is 0 Å². The van der Waals surface area contributed by atoms with Crippen LogP contribution >= 0.6 is 23.2 Å². The Morgan fingerprint density at radius 2 is 1.71 bits per heavy atom. The van der Waals surface area contributed by atoms with Crippen LogP contribution in [0.2, 0.25) is 10.0 Å². The summed E-state index contributed by atoms with van der Waals surface area (Å²) in [5.74, 6) is -0.849. The van der Waals surface area contributed by atoms with Gasteiger partial charge in [0, 0.05) is 11.2 Å².